The second-order valence-electron chi connectivity index (χ2n) is 0.303. The van der Waals surface area contributed by atoms with Crippen LogP contribution in [0.25, 0.3) is 0 Å². The van der Waals surface area contributed by atoms with E-state index in [4.69, 9.17) is 4.79 Å². The van der Waals surface area contributed by atoms with Crippen LogP contribution in [0.4, 0.5) is 0 Å². The van der Waals surface area contributed by atoms with Gasteiger partial charge in [-0.15, -0.1) is 0 Å². The van der Waals surface area contributed by atoms with Gasteiger partial charge in [0.2, 0.25) is 0 Å². The van der Waals surface area contributed by atoms with E-state index in [-0.39, 0.29) is 0 Å². The van der Waals surface area contributed by atoms with Gasteiger partial charge in [0, 0.05) is 9.85 Å². The van der Waals surface area contributed by atoms with Crippen molar-refractivity contribution >= 4 is 21.8 Å². The van der Waals surface area contributed by atoms with Crippen LogP contribution in [0.3, 0.4) is 0 Å². The molecule has 0 saturated carbocycles. The maximum atomic E-state index is 9.07. The van der Waals surface area contributed by atoms with Crippen molar-refractivity contribution in [1.29, 1.82) is 0 Å². The Balaban J connectivity index is 2.73. The molecule has 0 fully saturated rings. The molecule has 0 saturated heterocycles. The molecule has 2 heteroatoms. The number of hydrogen-bond acceptors (Lipinski definition) is 1. The Hall–Kier alpha value is -0.243. The zero-order valence-corrected chi connectivity index (χ0v) is 3.06. The Labute approximate surface area is 27.7 Å². The standard InChI is InChI=1S/C2H2OSi/c3-1-2-4/h1-2H. The summed E-state index contributed by atoms with van der Waals surface area (Å²) in [5, 5.41) is 0. The van der Waals surface area contributed by atoms with Crippen LogP contribution in [0, 0.1) is 0 Å². The van der Waals surface area contributed by atoms with Crippen LogP contribution in [-0.4, -0.2) is 21.8 Å². The van der Waals surface area contributed by atoms with Crippen LogP contribution in [0.1, 0.15) is 0 Å². The molecule has 0 bridgehead atoms. The van der Waals surface area contributed by atoms with Crippen LogP contribution in [0.15, 0.2) is 0 Å². The first-order valence-corrected chi connectivity index (χ1v) is 1.44. The van der Waals surface area contributed by atoms with E-state index in [2.05, 4.69) is 9.85 Å². The monoisotopic (exact) mass is 70.0 g/mol. The van der Waals surface area contributed by atoms with E-state index in [1.54, 1.807) is 0 Å². The van der Waals surface area contributed by atoms with Crippen molar-refractivity contribution in [2.45, 2.75) is 0 Å². The maximum Gasteiger partial charge on any atom is 0.138 e. The topological polar surface area (TPSA) is 17.1 Å². The summed E-state index contributed by atoms with van der Waals surface area (Å²) in [5.41, 5.74) is 1.25. The summed E-state index contributed by atoms with van der Waals surface area (Å²) in [4.78, 5) is 9.07. The summed E-state index contributed by atoms with van der Waals surface area (Å²) in [7, 11) is 2.79. The molecule has 2 radical (unpaired) electrons. The Morgan fingerprint density at radius 3 is 2.00 bits per heavy atom. The predicted molar refractivity (Wildman–Crippen MR) is 17.9 cm³/mol. The molecule has 0 atom stereocenters. The van der Waals surface area contributed by atoms with E-state index in [1.807, 2.05) is 0 Å². The zero-order valence-electron chi connectivity index (χ0n) is 2.06. The fourth-order valence-corrected chi connectivity index (χ4v) is 0. The van der Waals surface area contributed by atoms with Crippen LogP contribution in [0.5, 0.6) is 0 Å². The van der Waals surface area contributed by atoms with Crippen molar-refractivity contribution in [3.63, 3.8) is 0 Å². The third kappa shape index (κ3) is 1.76. The van der Waals surface area contributed by atoms with Crippen molar-refractivity contribution in [3.05, 3.63) is 0 Å². The Kier molecular flexibility index (Phi) is 2.59. The van der Waals surface area contributed by atoms with Gasteiger partial charge in [-0.3, -0.25) is 4.79 Å². The van der Waals surface area contributed by atoms with Gasteiger partial charge < -0.3 is 0 Å². The van der Waals surface area contributed by atoms with Crippen molar-refractivity contribution in [2.75, 3.05) is 0 Å². The minimum absolute atomic E-state index is 0.664. The second kappa shape index (κ2) is 2.76. The quantitative estimate of drug-likeness (QED) is 0.290. The molecule has 0 aliphatic carbocycles. The Morgan fingerprint density at radius 2 is 2.00 bits per heavy atom. The number of carbonyl (C=O) groups excluding carboxylic acids is 1. The number of aldehydes is 1. The molecule has 0 unspecified atom stereocenters. The Bertz CT molecular complexity index is 27.0. The SMILES string of the molecule is O=CC=[Si]. The average molecular weight is 70.1 g/mol. The van der Waals surface area contributed by atoms with Crippen molar-refractivity contribution in [2.24, 2.45) is 0 Å². The lowest BCUT2D eigenvalue weighted by Crippen LogP contribution is -1.64. The highest BCUT2D eigenvalue weighted by Crippen LogP contribution is 1.09. The average Bonchev–Trinajstić information content (AvgIpc) is 1.37. The lowest BCUT2D eigenvalue weighted by Gasteiger charge is -1.36. The van der Waals surface area contributed by atoms with Gasteiger partial charge in [-0.2, -0.15) is 0 Å². The molecule has 0 heterocycles. The lowest BCUT2D eigenvalue weighted by atomic mass is 10.9. The van der Waals surface area contributed by atoms with E-state index in [0.29, 0.717) is 6.29 Å². The maximum absolute atomic E-state index is 9.07. The number of rotatable bonds is 1. The van der Waals surface area contributed by atoms with E-state index in [0.717, 1.165) is 0 Å². The van der Waals surface area contributed by atoms with Gasteiger partial charge in [0.05, 0.1) is 0 Å². The van der Waals surface area contributed by atoms with Crippen molar-refractivity contribution in [1.82, 2.24) is 0 Å². The van der Waals surface area contributed by atoms with E-state index in [1.165, 1.54) is 5.67 Å². The van der Waals surface area contributed by atoms with E-state index in [9.17, 15) is 0 Å². The molecule has 0 rings (SSSR count). The van der Waals surface area contributed by atoms with Gasteiger partial charge in [0.1, 0.15) is 6.29 Å². The first-order valence-electron chi connectivity index (χ1n) is 0.858. The second-order valence-corrected chi connectivity index (χ2v) is 0.636. The van der Waals surface area contributed by atoms with Gasteiger partial charge in [-0.1, -0.05) is 0 Å². The molecule has 4 heavy (non-hydrogen) atoms. The molecule has 0 spiro atoms. The fraction of sp³-hybridized carbons (Fsp3) is 0. The van der Waals surface area contributed by atoms with Gasteiger partial charge >= 0.3 is 0 Å². The summed E-state index contributed by atoms with van der Waals surface area (Å²) in [6, 6.07) is 0. The molecular formula is C2H2OSi. The first-order chi connectivity index (χ1) is 1.91. The highest BCUT2D eigenvalue weighted by Gasteiger charge is 1.38. The number of carbonyl (C=O) groups is 1. The van der Waals surface area contributed by atoms with Crippen LogP contribution in [-0.2, 0) is 4.79 Å². The van der Waals surface area contributed by atoms with Crippen LogP contribution in [0.2, 0.25) is 0 Å². The summed E-state index contributed by atoms with van der Waals surface area (Å²) in [6.45, 7) is 0. The summed E-state index contributed by atoms with van der Waals surface area (Å²) >= 11 is 0. The molecular weight excluding hydrogens is 68.1 g/mol. The summed E-state index contributed by atoms with van der Waals surface area (Å²) in [6.07, 6.45) is 0.664. The molecule has 0 amide bonds. The third-order valence-corrected chi connectivity index (χ3v) is 0.204. The minimum Gasteiger partial charge on any atom is -0.299 e. The molecule has 0 aromatic carbocycles. The molecule has 0 aromatic heterocycles. The summed E-state index contributed by atoms with van der Waals surface area (Å²) in [5.74, 6) is 0. The highest BCUT2D eigenvalue weighted by atomic mass is 28.1. The van der Waals surface area contributed by atoms with Crippen LogP contribution < -0.4 is 0 Å². The fourth-order valence-electron chi connectivity index (χ4n) is 0. The van der Waals surface area contributed by atoms with Crippen molar-refractivity contribution < 1.29 is 4.79 Å². The lowest BCUT2D eigenvalue weighted by molar-refractivity contribution is -0.102. The molecule has 20 valence electrons. The Morgan fingerprint density at radius 1 is 1.75 bits per heavy atom. The van der Waals surface area contributed by atoms with E-state index < -0.39 is 0 Å². The van der Waals surface area contributed by atoms with Crippen molar-refractivity contribution in [3.8, 4) is 0 Å². The van der Waals surface area contributed by atoms with Gasteiger partial charge in [0.25, 0.3) is 0 Å². The largest absolute Gasteiger partial charge is 0.299 e. The van der Waals surface area contributed by atoms with Gasteiger partial charge in [-0.25, -0.2) is 0 Å². The molecule has 1 nitrogen and oxygen atoms in total. The smallest absolute Gasteiger partial charge is 0.138 e. The summed E-state index contributed by atoms with van der Waals surface area (Å²) < 4.78 is 0. The minimum atomic E-state index is 0.664. The molecule has 0 N–H and O–H groups in total. The predicted octanol–water partition coefficient (Wildman–Crippen LogP) is -0.844. The normalized spacial score (nSPS) is 5.00. The van der Waals surface area contributed by atoms with Gasteiger partial charge in [0.15, 0.2) is 0 Å². The van der Waals surface area contributed by atoms with Crippen LogP contribution >= 0.6 is 0 Å². The third-order valence-electron chi connectivity index (χ3n) is 0.0680. The highest BCUT2D eigenvalue weighted by molar-refractivity contribution is 6.45. The molecule has 0 aliphatic rings. The van der Waals surface area contributed by atoms with Gasteiger partial charge in [-0.05, 0) is 5.67 Å². The molecule has 0 aliphatic heterocycles. The molecule has 0 aromatic rings. The van der Waals surface area contributed by atoms with E-state index >= 15 is 0 Å². The number of hydrogen-bond donors (Lipinski definition) is 0. The first kappa shape index (κ1) is 3.76. The zero-order chi connectivity index (χ0) is 3.41.